The third kappa shape index (κ3) is 2.97. The number of hydrogen-bond acceptors (Lipinski definition) is 3. The van der Waals surface area contributed by atoms with Gasteiger partial charge in [0.2, 0.25) is 0 Å². The molecule has 0 saturated heterocycles. The molecule has 4 nitrogen and oxygen atoms in total. The summed E-state index contributed by atoms with van der Waals surface area (Å²) in [6.07, 6.45) is -3.02. The van der Waals surface area contributed by atoms with Crippen molar-refractivity contribution in [3.63, 3.8) is 0 Å². The maximum absolute atomic E-state index is 12.1. The van der Waals surface area contributed by atoms with E-state index in [9.17, 15) is 9.59 Å². The van der Waals surface area contributed by atoms with Crippen LogP contribution in [0.1, 0.15) is 29.1 Å². The topological polar surface area (TPSA) is 80.4 Å². The Bertz CT molecular complexity index is 589. The van der Waals surface area contributed by atoms with Gasteiger partial charge in [-0.15, -0.1) is 0 Å². The van der Waals surface area contributed by atoms with Crippen LogP contribution in [0.15, 0.2) is 18.2 Å². The van der Waals surface area contributed by atoms with Crippen LogP contribution in [-0.4, -0.2) is 16.9 Å². The number of carbonyl (C=O) groups excluding carboxylic acids is 1. The van der Waals surface area contributed by atoms with Crippen molar-refractivity contribution in [3.8, 4) is 0 Å². The quantitative estimate of drug-likeness (QED) is 0.630. The van der Waals surface area contributed by atoms with Crippen LogP contribution in [0, 0.1) is 5.89 Å². The molecule has 16 heavy (non-hydrogen) atoms. The lowest BCUT2D eigenvalue weighted by Gasteiger charge is -2.07. The van der Waals surface area contributed by atoms with Crippen LogP contribution in [-0.2, 0) is 4.79 Å². The molecule has 0 aromatic heterocycles. The summed E-state index contributed by atoms with van der Waals surface area (Å²) >= 11 is 5.64. The predicted octanol–water partition coefficient (Wildman–Crippen LogP) is 2.22. The van der Waals surface area contributed by atoms with Gasteiger partial charge in [-0.1, -0.05) is 18.5 Å². The SMILES string of the molecule is [2H]c1c(Cl)ccc(C(=O)C([2H])([2H])C([2H])(C)C(=O)O)c1N. The first-order valence-electron chi connectivity index (χ1n) is 6.27. The fourth-order valence-electron chi connectivity index (χ4n) is 0.973. The molecule has 1 unspecified atom stereocenters. The predicted molar refractivity (Wildman–Crippen MR) is 61.6 cm³/mol. The van der Waals surface area contributed by atoms with E-state index in [1.807, 2.05) is 0 Å². The summed E-state index contributed by atoms with van der Waals surface area (Å²) in [6.45, 7) is 0.779. The van der Waals surface area contributed by atoms with Gasteiger partial charge in [0, 0.05) is 26.8 Å². The van der Waals surface area contributed by atoms with E-state index in [0.29, 0.717) is 0 Å². The van der Waals surface area contributed by atoms with E-state index in [1.165, 1.54) is 6.07 Å². The molecule has 1 aromatic rings. The second-order valence-electron chi connectivity index (χ2n) is 3.02. The highest BCUT2D eigenvalue weighted by molar-refractivity contribution is 6.31. The van der Waals surface area contributed by atoms with Gasteiger partial charge < -0.3 is 10.8 Å². The summed E-state index contributed by atoms with van der Waals surface area (Å²) in [4.78, 5) is 23.1. The Morgan fingerprint density at radius 2 is 2.38 bits per heavy atom. The highest BCUT2D eigenvalue weighted by Crippen LogP contribution is 2.20. The van der Waals surface area contributed by atoms with Crippen LogP contribution < -0.4 is 5.73 Å². The van der Waals surface area contributed by atoms with Crippen molar-refractivity contribution >= 4 is 29.0 Å². The van der Waals surface area contributed by atoms with Crippen molar-refractivity contribution in [2.24, 2.45) is 5.89 Å². The minimum atomic E-state index is -3.02. The molecule has 0 saturated carbocycles. The van der Waals surface area contributed by atoms with Crippen molar-refractivity contribution in [2.75, 3.05) is 5.73 Å². The highest BCUT2D eigenvalue weighted by Gasteiger charge is 2.18. The molecule has 0 radical (unpaired) electrons. The molecule has 0 aliphatic rings. The molecule has 0 heterocycles. The monoisotopic (exact) mass is 245 g/mol. The summed E-state index contributed by atoms with van der Waals surface area (Å²) in [5.74, 6) is -5.76. The van der Waals surface area contributed by atoms with Crippen molar-refractivity contribution in [1.82, 2.24) is 0 Å². The fourth-order valence-corrected chi connectivity index (χ4v) is 1.14. The van der Waals surface area contributed by atoms with Crippen LogP contribution in [0.5, 0.6) is 0 Å². The number of carboxylic acid groups (broad SMARTS) is 1. The lowest BCUT2D eigenvalue weighted by molar-refractivity contribution is -0.141. The van der Waals surface area contributed by atoms with Gasteiger partial charge in [-0.3, -0.25) is 9.59 Å². The normalized spacial score (nSPS) is 18.6. The molecule has 1 aromatic carbocycles. The second-order valence-corrected chi connectivity index (χ2v) is 3.43. The molecule has 0 aliphatic carbocycles. The lowest BCUT2D eigenvalue weighted by Crippen LogP contribution is -2.15. The van der Waals surface area contributed by atoms with Crippen LogP contribution in [0.25, 0.3) is 0 Å². The number of halogens is 1. The maximum atomic E-state index is 12.1. The summed E-state index contributed by atoms with van der Waals surface area (Å²) in [6, 6.07) is 1.94. The van der Waals surface area contributed by atoms with E-state index in [0.717, 1.165) is 13.0 Å². The van der Waals surface area contributed by atoms with E-state index in [-0.39, 0.29) is 22.3 Å². The molecular weight excluding hydrogens is 230 g/mol. The summed E-state index contributed by atoms with van der Waals surface area (Å²) in [5, 5.41) is 8.85. The Kier molecular flexibility index (Phi) is 2.39. The van der Waals surface area contributed by atoms with Gasteiger partial charge in [-0.25, -0.2) is 0 Å². The smallest absolute Gasteiger partial charge is 0.306 e. The van der Waals surface area contributed by atoms with Gasteiger partial charge in [0.05, 0.1) is 7.26 Å². The molecule has 0 bridgehead atoms. The van der Waals surface area contributed by atoms with Crippen molar-refractivity contribution < 1.29 is 20.2 Å². The zero-order chi connectivity index (χ0) is 15.9. The second kappa shape index (κ2) is 4.99. The molecule has 5 heteroatoms. The largest absolute Gasteiger partial charge is 0.481 e. The first kappa shape index (κ1) is 7.68. The number of Topliss-reactive ketones (excluding diaryl/α,β-unsaturated/α-hetero) is 1. The molecule has 1 atom stereocenters. The molecule has 86 valence electrons. The molecular formula is C11H12ClNO3. The van der Waals surface area contributed by atoms with Crippen LogP contribution in [0.2, 0.25) is 5.02 Å². The van der Waals surface area contributed by atoms with Gasteiger partial charge in [-0.05, 0) is 18.2 Å². The lowest BCUT2D eigenvalue weighted by atomic mass is 9.99. The standard InChI is InChI=1S/C11H12ClNO3/c1-6(11(15)16)4-10(14)8-3-2-7(12)5-9(8)13/h2-3,5-6H,4,13H2,1H3,(H,15,16)/i4D2,5D,6D. The molecule has 3 N–H and O–H groups in total. The third-order valence-corrected chi connectivity index (χ3v) is 2.03. The van der Waals surface area contributed by atoms with Crippen molar-refractivity contribution in [1.29, 1.82) is 0 Å². The Morgan fingerprint density at radius 1 is 1.75 bits per heavy atom. The number of aliphatic carboxylic acids is 1. The summed E-state index contributed by atoms with van der Waals surface area (Å²) in [5.41, 5.74) is 4.81. The minimum Gasteiger partial charge on any atom is -0.481 e. The number of ketones is 1. The number of anilines is 1. The summed E-state index contributed by atoms with van der Waals surface area (Å²) in [7, 11) is 0. The van der Waals surface area contributed by atoms with Crippen LogP contribution in [0.4, 0.5) is 5.69 Å². The molecule has 0 amide bonds. The Balaban J connectivity index is 3.39. The number of benzene rings is 1. The van der Waals surface area contributed by atoms with E-state index < -0.39 is 24.0 Å². The average Bonchev–Trinajstić information content (AvgIpc) is 2.35. The van der Waals surface area contributed by atoms with E-state index in [1.54, 1.807) is 0 Å². The molecule has 0 spiro atoms. The number of rotatable bonds is 4. The van der Waals surface area contributed by atoms with E-state index in [4.69, 9.17) is 27.9 Å². The molecule has 1 rings (SSSR count). The Morgan fingerprint density at radius 3 is 2.94 bits per heavy atom. The minimum absolute atomic E-state index is 0.0218. The summed E-state index contributed by atoms with van der Waals surface area (Å²) < 4.78 is 30.3. The molecule has 0 aliphatic heterocycles. The Hall–Kier alpha value is -1.55. The maximum Gasteiger partial charge on any atom is 0.306 e. The van der Waals surface area contributed by atoms with Crippen LogP contribution in [0.3, 0.4) is 0 Å². The number of hydrogen-bond donors (Lipinski definition) is 2. The zero-order valence-corrected chi connectivity index (χ0v) is 9.13. The Labute approximate surface area is 104 Å². The first-order valence-corrected chi connectivity index (χ1v) is 4.65. The highest BCUT2D eigenvalue weighted by atomic mass is 35.5. The third-order valence-electron chi connectivity index (χ3n) is 1.81. The van der Waals surface area contributed by atoms with Gasteiger partial charge in [-0.2, -0.15) is 0 Å². The average molecular weight is 246 g/mol. The van der Waals surface area contributed by atoms with Crippen molar-refractivity contribution in [2.45, 2.75) is 13.3 Å². The first-order chi connectivity index (χ1) is 8.94. The van der Waals surface area contributed by atoms with Crippen molar-refractivity contribution in [3.05, 3.63) is 28.8 Å². The fraction of sp³-hybridized carbons (Fsp3) is 0.273. The van der Waals surface area contributed by atoms with E-state index in [2.05, 4.69) is 0 Å². The zero-order valence-electron chi connectivity index (χ0n) is 12.4. The van der Waals surface area contributed by atoms with Gasteiger partial charge in [0.25, 0.3) is 0 Å². The van der Waals surface area contributed by atoms with Gasteiger partial charge >= 0.3 is 5.97 Å². The number of carboxylic acids is 1. The van der Waals surface area contributed by atoms with E-state index >= 15 is 0 Å². The number of carbonyl (C=O) groups is 2. The number of nitrogens with two attached hydrogens (primary N) is 1. The number of nitrogen functional groups attached to an aromatic ring is 1. The molecule has 0 fully saturated rings. The van der Waals surface area contributed by atoms with Gasteiger partial charge in [0.1, 0.15) is 0 Å². The van der Waals surface area contributed by atoms with Gasteiger partial charge in [0.15, 0.2) is 5.78 Å². The van der Waals surface area contributed by atoms with Crippen LogP contribution >= 0.6 is 11.6 Å².